The number of amides is 1. The predicted octanol–water partition coefficient (Wildman–Crippen LogP) is -0.617. The molecule has 1 amide bonds. The maximum atomic E-state index is 11.5. The van der Waals surface area contributed by atoms with Crippen molar-refractivity contribution in [3.05, 3.63) is 5.89 Å². The molecule has 0 saturated carbocycles. The first kappa shape index (κ1) is 11.0. The number of aliphatic hydroxyl groups is 1. The van der Waals surface area contributed by atoms with Gasteiger partial charge in [0.2, 0.25) is 11.8 Å². The fourth-order valence-electron chi connectivity index (χ4n) is 1.66. The molecule has 7 heteroatoms. The van der Waals surface area contributed by atoms with E-state index in [4.69, 9.17) is 4.42 Å². The molecule has 1 atom stereocenters. The maximum absolute atomic E-state index is 11.5. The zero-order chi connectivity index (χ0) is 11.5. The van der Waals surface area contributed by atoms with Gasteiger partial charge in [-0.25, -0.2) is 0 Å². The van der Waals surface area contributed by atoms with E-state index in [1.165, 1.54) is 0 Å². The molecule has 2 N–H and O–H groups in total. The summed E-state index contributed by atoms with van der Waals surface area (Å²) in [5.41, 5.74) is 0. The molecule has 7 nitrogen and oxygen atoms in total. The standard InChI is InChI=1S/C9H14N4O3/c1-6-11-12-9(16-6)10-8(15)5-13-3-2-7(14)4-13/h7,14H,2-5H2,1H3,(H,10,12,15). The Kier molecular flexibility index (Phi) is 3.16. The summed E-state index contributed by atoms with van der Waals surface area (Å²) in [4.78, 5) is 13.4. The average molecular weight is 226 g/mol. The fourth-order valence-corrected chi connectivity index (χ4v) is 1.66. The monoisotopic (exact) mass is 226 g/mol. The molecule has 1 saturated heterocycles. The highest BCUT2D eigenvalue weighted by Gasteiger charge is 2.22. The Balaban J connectivity index is 1.80. The summed E-state index contributed by atoms with van der Waals surface area (Å²) in [6.45, 7) is 3.16. The number of aliphatic hydroxyl groups excluding tert-OH is 1. The van der Waals surface area contributed by atoms with Gasteiger partial charge in [0.1, 0.15) is 0 Å². The van der Waals surface area contributed by atoms with Crippen LogP contribution in [0.2, 0.25) is 0 Å². The fraction of sp³-hybridized carbons (Fsp3) is 0.667. The number of hydrogen-bond acceptors (Lipinski definition) is 6. The Labute approximate surface area is 92.4 Å². The topological polar surface area (TPSA) is 91.5 Å². The van der Waals surface area contributed by atoms with Crippen molar-refractivity contribution in [2.45, 2.75) is 19.4 Å². The number of carbonyl (C=O) groups is 1. The first-order valence-electron chi connectivity index (χ1n) is 5.14. The molecule has 1 aromatic rings. The molecule has 1 fully saturated rings. The van der Waals surface area contributed by atoms with Gasteiger partial charge in [-0.15, -0.1) is 5.10 Å². The summed E-state index contributed by atoms with van der Waals surface area (Å²) < 4.78 is 5.02. The number of anilines is 1. The Bertz CT molecular complexity index is 379. The van der Waals surface area contributed by atoms with Crippen molar-refractivity contribution in [2.24, 2.45) is 0 Å². The highest BCUT2D eigenvalue weighted by atomic mass is 16.4. The van der Waals surface area contributed by atoms with Crippen LogP contribution in [-0.4, -0.2) is 51.8 Å². The molecular formula is C9H14N4O3. The van der Waals surface area contributed by atoms with Gasteiger partial charge in [0, 0.05) is 20.0 Å². The van der Waals surface area contributed by atoms with Gasteiger partial charge in [-0.3, -0.25) is 15.0 Å². The predicted molar refractivity (Wildman–Crippen MR) is 54.7 cm³/mol. The van der Waals surface area contributed by atoms with Gasteiger partial charge in [0.15, 0.2) is 0 Å². The van der Waals surface area contributed by atoms with Crippen molar-refractivity contribution in [1.29, 1.82) is 0 Å². The molecule has 2 heterocycles. The number of aryl methyl sites for hydroxylation is 1. The van der Waals surface area contributed by atoms with Crippen LogP contribution in [0, 0.1) is 6.92 Å². The van der Waals surface area contributed by atoms with Gasteiger partial charge in [-0.2, -0.15) is 0 Å². The van der Waals surface area contributed by atoms with Crippen molar-refractivity contribution >= 4 is 11.9 Å². The first-order chi connectivity index (χ1) is 7.63. The van der Waals surface area contributed by atoms with Gasteiger partial charge >= 0.3 is 6.01 Å². The molecule has 0 aromatic carbocycles. The van der Waals surface area contributed by atoms with E-state index in [9.17, 15) is 9.90 Å². The summed E-state index contributed by atoms with van der Waals surface area (Å²) in [7, 11) is 0. The van der Waals surface area contributed by atoms with Crippen molar-refractivity contribution in [1.82, 2.24) is 15.1 Å². The molecule has 1 aromatic heterocycles. The highest BCUT2D eigenvalue weighted by molar-refractivity contribution is 5.90. The number of nitrogens with one attached hydrogen (secondary N) is 1. The van der Waals surface area contributed by atoms with E-state index in [2.05, 4.69) is 15.5 Å². The van der Waals surface area contributed by atoms with E-state index in [1.807, 2.05) is 4.90 Å². The van der Waals surface area contributed by atoms with E-state index < -0.39 is 0 Å². The lowest BCUT2D eigenvalue weighted by Crippen LogP contribution is -2.32. The maximum Gasteiger partial charge on any atom is 0.322 e. The number of likely N-dealkylation sites (tertiary alicyclic amines) is 1. The Morgan fingerprint density at radius 2 is 2.50 bits per heavy atom. The number of rotatable bonds is 3. The van der Waals surface area contributed by atoms with Crippen LogP contribution >= 0.6 is 0 Å². The van der Waals surface area contributed by atoms with Gasteiger partial charge in [-0.05, 0) is 6.42 Å². The highest BCUT2D eigenvalue weighted by Crippen LogP contribution is 2.09. The third-order valence-corrected chi connectivity index (χ3v) is 2.39. The molecule has 0 bridgehead atoms. The second-order valence-electron chi connectivity index (χ2n) is 3.85. The zero-order valence-corrected chi connectivity index (χ0v) is 9.01. The largest absolute Gasteiger partial charge is 0.408 e. The van der Waals surface area contributed by atoms with Crippen LogP contribution in [0.25, 0.3) is 0 Å². The summed E-state index contributed by atoms with van der Waals surface area (Å²) in [6, 6.07) is 0.113. The number of nitrogens with zero attached hydrogens (tertiary/aromatic N) is 3. The van der Waals surface area contributed by atoms with Crippen LogP contribution in [0.1, 0.15) is 12.3 Å². The van der Waals surface area contributed by atoms with Crippen LogP contribution in [-0.2, 0) is 4.79 Å². The van der Waals surface area contributed by atoms with Gasteiger partial charge in [0.25, 0.3) is 0 Å². The van der Waals surface area contributed by atoms with E-state index >= 15 is 0 Å². The molecule has 0 radical (unpaired) electrons. The minimum absolute atomic E-state index is 0.113. The molecule has 16 heavy (non-hydrogen) atoms. The van der Waals surface area contributed by atoms with Crippen LogP contribution < -0.4 is 5.32 Å². The number of β-amino-alcohol motifs (C(OH)–C–C–N with tert-alkyl or cyclic N) is 1. The third-order valence-electron chi connectivity index (χ3n) is 2.39. The Morgan fingerprint density at radius 1 is 1.69 bits per heavy atom. The summed E-state index contributed by atoms with van der Waals surface area (Å²) in [5, 5.41) is 19.1. The lowest BCUT2D eigenvalue weighted by atomic mass is 10.3. The van der Waals surface area contributed by atoms with Crippen molar-refractivity contribution in [2.75, 3.05) is 25.0 Å². The lowest BCUT2D eigenvalue weighted by molar-refractivity contribution is -0.117. The van der Waals surface area contributed by atoms with E-state index in [0.29, 0.717) is 18.9 Å². The quantitative estimate of drug-likeness (QED) is 0.714. The molecule has 0 spiro atoms. The Hall–Kier alpha value is -1.47. The minimum Gasteiger partial charge on any atom is -0.408 e. The smallest absolute Gasteiger partial charge is 0.322 e. The van der Waals surface area contributed by atoms with Crippen molar-refractivity contribution in [3.8, 4) is 0 Å². The first-order valence-corrected chi connectivity index (χ1v) is 5.14. The van der Waals surface area contributed by atoms with Crippen molar-refractivity contribution in [3.63, 3.8) is 0 Å². The van der Waals surface area contributed by atoms with Crippen LogP contribution in [0.15, 0.2) is 4.42 Å². The second kappa shape index (κ2) is 4.58. The zero-order valence-electron chi connectivity index (χ0n) is 9.01. The van der Waals surface area contributed by atoms with Gasteiger partial charge in [0.05, 0.1) is 12.6 Å². The molecule has 2 rings (SSSR count). The molecular weight excluding hydrogens is 212 g/mol. The number of hydrogen-bond donors (Lipinski definition) is 2. The molecule has 1 aliphatic rings. The van der Waals surface area contributed by atoms with E-state index in [-0.39, 0.29) is 24.6 Å². The summed E-state index contributed by atoms with van der Waals surface area (Å²) in [6.07, 6.45) is 0.394. The van der Waals surface area contributed by atoms with Crippen molar-refractivity contribution < 1.29 is 14.3 Å². The van der Waals surface area contributed by atoms with Crippen LogP contribution in [0.3, 0.4) is 0 Å². The molecule has 0 aliphatic carbocycles. The SMILES string of the molecule is Cc1nnc(NC(=O)CN2CCC(O)C2)o1. The lowest BCUT2D eigenvalue weighted by Gasteiger charge is -2.12. The summed E-state index contributed by atoms with van der Waals surface area (Å²) >= 11 is 0. The number of aromatic nitrogens is 2. The molecule has 88 valence electrons. The van der Waals surface area contributed by atoms with Crippen LogP contribution in [0.5, 0.6) is 0 Å². The molecule has 1 unspecified atom stereocenters. The average Bonchev–Trinajstić information content (AvgIpc) is 2.76. The second-order valence-corrected chi connectivity index (χ2v) is 3.85. The van der Waals surface area contributed by atoms with Gasteiger partial charge in [-0.1, -0.05) is 5.10 Å². The Morgan fingerprint density at radius 3 is 3.06 bits per heavy atom. The normalized spacial score (nSPS) is 21.2. The van der Waals surface area contributed by atoms with Crippen LogP contribution in [0.4, 0.5) is 6.01 Å². The minimum atomic E-state index is -0.321. The summed E-state index contributed by atoms with van der Waals surface area (Å²) in [5.74, 6) is 0.199. The van der Waals surface area contributed by atoms with E-state index in [1.54, 1.807) is 6.92 Å². The number of carbonyl (C=O) groups excluding carboxylic acids is 1. The van der Waals surface area contributed by atoms with E-state index in [0.717, 1.165) is 6.54 Å². The van der Waals surface area contributed by atoms with Gasteiger partial charge < -0.3 is 9.52 Å². The third kappa shape index (κ3) is 2.77. The molecule has 1 aliphatic heterocycles.